The maximum absolute atomic E-state index is 6.49. The van der Waals surface area contributed by atoms with E-state index in [-0.39, 0.29) is 5.54 Å². The van der Waals surface area contributed by atoms with Crippen molar-refractivity contribution in [3.8, 4) is 17.2 Å². The second-order valence-corrected chi connectivity index (χ2v) is 11.6. The molecule has 196 valence electrons. The molecule has 4 heterocycles. The third kappa shape index (κ3) is 3.85. The first-order chi connectivity index (χ1) is 18.1. The molecule has 7 nitrogen and oxygen atoms in total. The van der Waals surface area contributed by atoms with E-state index in [4.69, 9.17) is 23.7 Å². The normalized spacial score (nSPS) is 25.0. The predicted molar refractivity (Wildman–Crippen MR) is 137 cm³/mol. The van der Waals surface area contributed by atoms with E-state index >= 15 is 0 Å². The highest BCUT2D eigenvalue weighted by Gasteiger charge is 2.53. The molecule has 1 saturated carbocycles. The van der Waals surface area contributed by atoms with Crippen LogP contribution in [0, 0.1) is 5.92 Å². The molecule has 2 spiro atoms. The Balaban J connectivity index is 1.11. The minimum Gasteiger partial charge on any atom is -0.493 e. The Morgan fingerprint density at radius 3 is 2.70 bits per heavy atom. The van der Waals surface area contributed by atoms with Crippen LogP contribution >= 0.6 is 0 Å². The zero-order chi connectivity index (χ0) is 25.0. The molecule has 1 aromatic heterocycles. The monoisotopic (exact) mass is 504 g/mol. The van der Waals surface area contributed by atoms with Gasteiger partial charge in [-0.2, -0.15) is 0 Å². The van der Waals surface area contributed by atoms with E-state index in [1.807, 2.05) is 6.20 Å². The fourth-order valence-electron chi connectivity index (χ4n) is 7.24. The Morgan fingerprint density at radius 2 is 1.89 bits per heavy atom. The molecule has 1 fully saturated rings. The van der Waals surface area contributed by atoms with Crippen molar-refractivity contribution in [3.63, 3.8) is 0 Å². The highest BCUT2D eigenvalue weighted by molar-refractivity contribution is 5.53. The summed E-state index contributed by atoms with van der Waals surface area (Å²) in [6, 6.07) is 6.48. The summed E-state index contributed by atoms with van der Waals surface area (Å²) in [6.45, 7) is 7.46. The van der Waals surface area contributed by atoms with Gasteiger partial charge in [0.15, 0.2) is 11.5 Å². The van der Waals surface area contributed by atoms with E-state index in [9.17, 15) is 0 Å². The molecule has 37 heavy (non-hydrogen) atoms. The number of hydrogen-bond donors (Lipinski definition) is 0. The molecule has 2 atom stereocenters. The van der Waals surface area contributed by atoms with Gasteiger partial charge in [0.25, 0.3) is 0 Å². The summed E-state index contributed by atoms with van der Waals surface area (Å²) in [5.41, 5.74) is 5.20. The van der Waals surface area contributed by atoms with Crippen molar-refractivity contribution in [2.24, 2.45) is 5.92 Å². The van der Waals surface area contributed by atoms with E-state index in [1.165, 1.54) is 35.2 Å². The van der Waals surface area contributed by atoms with Crippen molar-refractivity contribution >= 4 is 0 Å². The smallest absolute Gasteiger partial charge is 0.249 e. The zero-order valence-electron chi connectivity index (χ0n) is 21.8. The molecular formula is C30H36N2O5. The first-order valence-corrected chi connectivity index (χ1v) is 13.8. The number of nitrogens with zero attached hydrogens (tertiary/aromatic N) is 2. The van der Waals surface area contributed by atoms with Crippen LogP contribution < -0.4 is 14.2 Å². The number of benzene rings is 1. The Hall–Kier alpha value is -2.93. The molecule has 0 radical (unpaired) electrons. The summed E-state index contributed by atoms with van der Waals surface area (Å²) in [5.74, 6) is 3.13. The second-order valence-electron chi connectivity index (χ2n) is 11.6. The lowest BCUT2D eigenvalue weighted by Crippen LogP contribution is -2.50. The summed E-state index contributed by atoms with van der Waals surface area (Å²) < 4.78 is 29.8. The van der Waals surface area contributed by atoms with Gasteiger partial charge in [0.2, 0.25) is 12.6 Å². The maximum Gasteiger partial charge on any atom is 0.249 e. The number of hydrogen-bond acceptors (Lipinski definition) is 7. The largest absolute Gasteiger partial charge is 0.493 e. The van der Waals surface area contributed by atoms with Gasteiger partial charge in [0, 0.05) is 54.8 Å². The van der Waals surface area contributed by atoms with Crippen molar-refractivity contribution in [2.45, 2.75) is 82.6 Å². The topological polar surface area (TPSA) is 62.3 Å². The number of aromatic nitrogens is 1. The summed E-state index contributed by atoms with van der Waals surface area (Å²) in [4.78, 5) is 7.31. The number of rotatable bonds is 5. The van der Waals surface area contributed by atoms with Gasteiger partial charge in [-0.15, -0.1) is 0 Å². The first kappa shape index (κ1) is 23.2. The number of fused-ring (bicyclic) bond motifs is 4. The molecule has 1 aromatic carbocycles. The van der Waals surface area contributed by atoms with E-state index in [0.29, 0.717) is 25.2 Å². The van der Waals surface area contributed by atoms with Crippen LogP contribution in [0.3, 0.4) is 0 Å². The van der Waals surface area contributed by atoms with Crippen LogP contribution in [0.1, 0.15) is 80.7 Å². The van der Waals surface area contributed by atoms with Gasteiger partial charge in [0.05, 0.1) is 6.61 Å². The molecule has 7 heteroatoms. The highest BCUT2D eigenvalue weighted by Crippen LogP contribution is 2.55. The van der Waals surface area contributed by atoms with Gasteiger partial charge in [-0.3, -0.25) is 9.88 Å². The van der Waals surface area contributed by atoms with Crippen molar-refractivity contribution in [1.82, 2.24) is 9.88 Å². The molecule has 2 aliphatic carbocycles. The first-order valence-electron chi connectivity index (χ1n) is 13.8. The molecule has 2 aromatic rings. The standard InChI is InChI=1S/C30H36N2O5/c1-20(18-33-25-6-11-31-24-5-3-4-21(2)28(24)25)16-32-17-22-14-26-27(35-19-34-26)15-23(22)29(32)7-9-30(10-8-29)36-12-13-37-30/h6,11-15,20-21H,3-5,7-10,16-19H2,1-2H3/t20-,21-/m1/s1. The lowest BCUT2D eigenvalue weighted by atomic mass is 9.74. The van der Waals surface area contributed by atoms with E-state index in [0.717, 1.165) is 62.4 Å². The molecule has 3 aliphatic heterocycles. The lowest BCUT2D eigenvalue weighted by molar-refractivity contribution is -0.182. The van der Waals surface area contributed by atoms with Crippen molar-refractivity contribution < 1.29 is 23.7 Å². The maximum atomic E-state index is 6.49. The van der Waals surface area contributed by atoms with Gasteiger partial charge in [0.1, 0.15) is 18.3 Å². The third-order valence-electron chi connectivity index (χ3n) is 9.16. The van der Waals surface area contributed by atoms with E-state index < -0.39 is 5.79 Å². The minimum atomic E-state index is -0.498. The Morgan fingerprint density at radius 1 is 1.11 bits per heavy atom. The van der Waals surface area contributed by atoms with Gasteiger partial charge in [-0.25, -0.2) is 0 Å². The van der Waals surface area contributed by atoms with Gasteiger partial charge in [-0.1, -0.05) is 13.8 Å². The third-order valence-corrected chi connectivity index (χ3v) is 9.16. The lowest BCUT2D eigenvalue weighted by Gasteiger charge is -2.47. The summed E-state index contributed by atoms with van der Waals surface area (Å²) in [7, 11) is 0. The zero-order valence-corrected chi connectivity index (χ0v) is 21.8. The molecule has 0 unspecified atom stereocenters. The Kier molecular flexibility index (Phi) is 5.54. The van der Waals surface area contributed by atoms with Crippen LogP contribution in [-0.4, -0.2) is 35.6 Å². The fourth-order valence-corrected chi connectivity index (χ4v) is 7.24. The highest BCUT2D eigenvalue weighted by atomic mass is 16.7. The van der Waals surface area contributed by atoms with Crippen LogP contribution in [0.2, 0.25) is 0 Å². The van der Waals surface area contributed by atoms with Crippen LogP contribution in [0.15, 0.2) is 36.9 Å². The summed E-state index contributed by atoms with van der Waals surface area (Å²) in [6.07, 6.45) is 12.4. The van der Waals surface area contributed by atoms with Crippen LogP contribution in [-0.2, 0) is 28.0 Å². The molecule has 0 N–H and O–H groups in total. The molecule has 0 bridgehead atoms. The van der Waals surface area contributed by atoms with Crippen LogP contribution in [0.5, 0.6) is 17.2 Å². The molecule has 0 saturated heterocycles. The SMILES string of the molecule is C[C@@H](COc1ccnc2c1[C@H](C)CCC2)CN1Cc2cc3c(cc2C12CCC1(CC2)OC=CO1)OCO3. The number of pyridine rings is 1. The molecular weight excluding hydrogens is 468 g/mol. The quantitative estimate of drug-likeness (QED) is 0.513. The van der Waals surface area contributed by atoms with Crippen molar-refractivity contribution in [1.29, 1.82) is 0 Å². The van der Waals surface area contributed by atoms with Gasteiger partial charge in [-0.05, 0) is 67.3 Å². The fraction of sp³-hybridized carbons (Fsp3) is 0.567. The Bertz CT molecular complexity index is 1210. The Labute approximate surface area is 218 Å². The minimum absolute atomic E-state index is 0.0600. The summed E-state index contributed by atoms with van der Waals surface area (Å²) in [5, 5.41) is 0. The van der Waals surface area contributed by atoms with Gasteiger partial charge < -0.3 is 23.7 Å². The predicted octanol–water partition coefficient (Wildman–Crippen LogP) is 5.76. The number of aryl methyl sites for hydroxylation is 1. The van der Waals surface area contributed by atoms with Gasteiger partial charge >= 0.3 is 0 Å². The molecule has 5 aliphatic rings. The van der Waals surface area contributed by atoms with Crippen LogP contribution in [0.25, 0.3) is 0 Å². The molecule has 0 amide bonds. The van der Waals surface area contributed by atoms with E-state index in [2.05, 4.69) is 41.9 Å². The average Bonchev–Trinajstić information content (AvgIpc) is 3.62. The average molecular weight is 505 g/mol. The van der Waals surface area contributed by atoms with Crippen molar-refractivity contribution in [2.75, 3.05) is 19.9 Å². The number of ether oxygens (including phenoxy) is 5. The molecule has 7 rings (SSSR count). The van der Waals surface area contributed by atoms with Crippen LogP contribution in [0.4, 0.5) is 0 Å². The summed E-state index contributed by atoms with van der Waals surface area (Å²) >= 11 is 0. The van der Waals surface area contributed by atoms with E-state index in [1.54, 1.807) is 12.5 Å². The van der Waals surface area contributed by atoms with Crippen molar-refractivity contribution in [3.05, 3.63) is 59.3 Å². The second kappa shape index (κ2) is 8.83.